The molecule has 0 aromatic heterocycles. The highest BCUT2D eigenvalue weighted by Crippen LogP contribution is 2.24. The van der Waals surface area contributed by atoms with Gasteiger partial charge in [-0.25, -0.2) is 0 Å². The molecule has 20 heavy (non-hydrogen) atoms. The summed E-state index contributed by atoms with van der Waals surface area (Å²) in [5, 5.41) is 3.50. The van der Waals surface area contributed by atoms with Crippen LogP contribution in [0.2, 0.25) is 0 Å². The van der Waals surface area contributed by atoms with E-state index < -0.39 is 0 Å². The molecule has 0 amide bonds. The minimum absolute atomic E-state index is 0.836. The van der Waals surface area contributed by atoms with Crippen LogP contribution in [-0.2, 0) is 12.8 Å². The van der Waals surface area contributed by atoms with Crippen molar-refractivity contribution < 1.29 is 0 Å². The lowest BCUT2D eigenvalue weighted by Gasteiger charge is -2.35. The number of likely N-dealkylation sites (tertiary alicyclic amines) is 1. The van der Waals surface area contributed by atoms with E-state index in [0.29, 0.717) is 0 Å². The van der Waals surface area contributed by atoms with Gasteiger partial charge >= 0.3 is 0 Å². The zero-order valence-corrected chi connectivity index (χ0v) is 12.8. The smallest absolute Gasteiger partial charge is 0.0372 e. The second-order valence-corrected chi connectivity index (χ2v) is 6.37. The first-order valence-electron chi connectivity index (χ1n) is 8.46. The minimum atomic E-state index is 0.836. The van der Waals surface area contributed by atoms with Crippen molar-refractivity contribution in [1.29, 1.82) is 0 Å². The van der Waals surface area contributed by atoms with Crippen molar-refractivity contribution >= 4 is 5.69 Å². The van der Waals surface area contributed by atoms with Crippen molar-refractivity contribution in [3.63, 3.8) is 0 Å². The summed E-state index contributed by atoms with van der Waals surface area (Å²) in [6, 6.07) is 7.88. The zero-order valence-electron chi connectivity index (χ0n) is 12.8. The Balaban J connectivity index is 1.60. The summed E-state index contributed by atoms with van der Waals surface area (Å²) in [7, 11) is 0. The molecule has 0 bridgehead atoms. The summed E-state index contributed by atoms with van der Waals surface area (Å²) in [5.74, 6) is 0. The Hall–Kier alpha value is -1.02. The van der Waals surface area contributed by atoms with Gasteiger partial charge in [0.05, 0.1) is 0 Å². The third kappa shape index (κ3) is 3.17. The fourth-order valence-corrected chi connectivity index (χ4v) is 3.77. The Morgan fingerprint density at radius 1 is 1.25 bits per heavy atom. The van der Waals surface area contributed by atoms with E-state index in [1.165, 1.54) is 74.8 Å². The molecule has 110 valence electrons. The Morgan fingerprint density at radius 2 is 2.20 bits per heavy atom. The molecular weight excluding hydrogens is 244 g/mol. The Bertz CT molecular complexity index is 441. The average Bonchev–Trinajstić information content (AvgIpc) is 2.53. The lowest BCUT2D eigenvalue weighted by atomic mass is 9.97. The summed E-state index contributed by atoms with van der Waals surface area (Å²) in [5.41, 5.74) is 4.41. The van der Waals surface area contributed by atoms with Crippen molar-refractivity contribution in [3.8, 4) is 0 Å². The van der Waals surface area contributed by atoms with E-state index >= 15 is 0 Å². The number of nitrogens with zero attached hydrogens (tertiary/aromatic N) is 1. The SMILES string of the molecule is CCC1CCCCN1CCc1ccc2c(c1)CCCN2. The second-order valence-electron chi connectivity index (χ2n) is 6.37. The molecule has 1 unspecified atom stereocenters. The molecule has 1 aromatic carbocycles. The van der Waals surface area contributed by atoms with Crippen LogP contribution in [0.3, 0.4) is 0 Å². The number of aryl methyl sites for hydroxylation is 1. The molecule has 1 aromatic rings. The molecule has 0 saturated carbocycles. The zero-order chi connectivity index (χ0) is 13.8. The molecule has 2 aliphatic heterocycles. The lowest BCUT2D eigenvalue weighted by molar-refractivity contribution is 0.146. The van der Waals surface area contributed by atoms with Crippen LogP contribution in [-0.4, -0.2) is 30.6 Å². The molecular formula is C18H28N2. The van der Waals surface area contributed by atoms with E-state index in [0.717, 1.165) is 12.6 Å². The third-order valence-corrected chi connectivity index (χ3v) is 5.02. The summed E-state index contributed by atoms with van der Waals surface area (Å²) >= 11 is 0. The summed E-state index contributed by atoms with van der Waals surface area (Å²) in [6.45, 7) is 6.03. The van der Waals surface area contributed by atoms with E-state index in [4.69, 9.17) is 0 Å². The predicted molar refractivity (Wildman–Crippen MR) is 86.5 cm³/mol. The van der Waals surface area contributed by atoms with Gasteiger partial charge in [-0.2, -0.15) is 0 Å². The topological polar surface area (TPSA) is 15.3 Å². The highest BCUT2D eigenvalue weighted by molar-refractivity contribution is 5.54. The van der Waals surface area contributed by atoms with Gasteiger partial charge in [-0.05, 0) is 62.3 Å². The third-order valence-electron chi connectivity index (χ3n) is 5.02. The maximum Gasteiger partial charge on any atom is 0.0372 e. The van der Waals surface area contributed by atoms with Crippen LogP contribution in [0.25, 0.3) is 0 Å². The number of nitrogens with one attached hydrogen (secondary N) is 1. The molecule has 0 aliphatic carbocycles. The molecule has 2 nitrogen and oxygen atoms in total. The van der Waals surface area contributed by atoms with E-state index in [-0.39, 0.29) is 0 Å². The summed E-state index contributed by atoms with van der Waals surface area (Å²) < 4.78 is 0. The molecule has 0 radical (unpaired) electrons. The first-order chi connectivity index (χ1) is 9.86. The molecule has 1 atom stereocenters. The molecule has 1 saturated heterocycles. The minimum Gasteiger partial charge on any atom is -0.385 e. The van der Waals surface area contributed by atoms with Crippen LogP contribution < -0.4 is 5.32 Å². The Morgan fingerprint density at radius 3 is 3.10 bits per heavy atom. The van der Waals surface area contributed by atoms with Gasteiger partial charge < -0.3 is 10.2 Å². The fourth-order valence-electron chi connectivity index (χ4n) is 3.77. The van der Waals surface area contributed by atoms with E-state index in [2.05, 4.69) is 35.3 Å². The lowest BCUT2D eigenvalue weighted by Crippen LogP contribution is -2.40. The molecule has 2 heterocycles. The van der Waals surface area contributed by atoms with Gasteiger partial charge in [0.2, 0.25) is 0 Å². The van der Waals surface area contributed by atoms with Crippen LogP contribution in [0.1, 0.15) is 50.2 Å². The van der Waals surface area contributed by atoms with Crippen LogP contribution in [0.4, 0.5) is 5.69 Å². The van der Waals surface area contributed by atoms with Crippen LogP contribution in [0.15, 0.2) is 18.2 Å². The van der Waals surface area contributed by atoms with Crippen molar-refractivity contribution in [2.45, 2.75) is 57.9 Å². The van der Waals surface area contributed by atoms with E-state index in [1.807, 2.05) is 0 Å². The molecule has 3 rings (SSSR count). The van der Waals surface area contributed by atoms with Gasteiger partial charge in [-0.3, -0.25) is 0 Å². The number of piperidine rings is 1. The monoisotopic (exact) mass is 272 g/mol. The fraction of sp³-hybridized carbons (Fsp3) is 0.667. The molecule has 1 N–H and O–H groups in total. The highest BCUT2D eigenvalue weighted by atomic mass is 15.2. The standard InChI is InChI=1S/C18H28N2/c1-2-17-7-3-4-12-20(17)13-10-15-8-9-18-16(14-15)6-5-11-19-18/h8-9,14,17,19H,2-7,10-13H2,1H3. The maximum atomic E-state index is 3.50. The molecule has 1 fully saturated rings. The number of hydrogen-bond donors (Lipinski definition) is 1. The van der Waals surface area contributed by atoms with Gasteiger partial charge in [0.15, 0.2) is 0 Å². The van der Waals surface area contributed by atoms with Crippen LogP contribution in [0.5, 0.6) is 0 Å². The normalized spacial score (nSPS) is 23.1. The van der Waals surface area contributed by atoms with Crippen LogP contribution >= 0.6 is 0 Å². The molecule has 0 spiro atoms. The van der Waals surface area contributed by atoms with Gasteiger partial charge in [-0.15, -0.1) is 0 Å². The number of rotatable bonds is 4. The van der Waals surface area contributed by atoms with Gasteiger partial charge in [0.25, 0.3) is 0 Å². The van der Waals surface area contributed by atoms with Crippen LogP contribution in [0, 0.1) is 0 Å². The summed E-state index contributed by atoms with van der Waals surface area (Å²) in [4.78, 5) is 2.72. The highest BCUT2D eigenvalue weighted by Gasteiger charge is 2.20. The maximum absolute atomic E-state index is 3.50. The second kappa shape index (κ2) is 6.62. The predicted octanol–water partition coefficient (Wildman–Crippen LogP) is 3.85. The van der Waals surface area contributed by atoms with E-state index in [9.17, 15) is 0 Å². The van der Waals surface area contributed by atoms with Gasteiger partial charge in [-0.1, -0.05) is 25.5 Å². The Labute approximate surface area is 123 Å². The summed E-state index contributed by atoms with van der Waals surface area (Å²) in [6.07, 6.45) is 9.28. The van der Waals surface area contributed by atoms with Crippen molar-refractivity contribution in [3.05, 3.63) is 29.3 Å². The first kappa shape index (κ1) is 13.9. The average molecular weight is 272 g/mol. The molecule has 2 heteroatoms. The largest absolute Gasteiger partial charge is 0.385 e. The number of fused-ring (bicyclic) bond motifs is 1. The van der Waals surface area contributed by atoms with E-state index in [1.54, 1.807) is 0 Å². The van der Waals surface area contributed by atoms with Crippen molar-refractivity contribution in [2.75, 3.05) is 25.0 Å². The van der Waals surface area contributed by atoms with Gasteiger partial charge in [0.1, 0.15) is 0 Å². The van der Waals surface area contributed by atoms with Crippen molar-refractivity contribution in [2.24, 2.45) is 0 Å². The quantitative estimate of drug-likeness (QED) is 0.895. The first-order valence-corrected chi connectivity index (χ1v) is 8.46. The number of anilines is 1. The Kier molecular flexibility index (Phi) is 4.62. The molecule has 2 aliphatic rings. The van der Waals surface area contributed by atoms with Crippen molar-refractivity contribution in [1.82, 2.24) is 4.90 Å². The van der Waals surface area contributed by atoms with Gasteiger partial charge in [0, 0.05) is 24.8 Å². The number of hydrogen-bond acceptors (Lipinski definition) is 2. The number of benzene rings is 1.